The predicted molar refractivity (Wildman–Crippen MR) is 152 cm³/mol. The molecule has 3 rings (SSSR count). The van der Waals surface area contributed by atoms with Crippen LogP contribution in [0.25, 0.3) is 10.2 Å². The highest BCUT2D eigenvalue weighted by molar-refractivity contribution is 7.89. The van der Waals surface area contributed by atoms with Crippen LogP contribution in [-0.2, 0) is 10.0 Å². The van der Waals surface area contributed by atoms with Crippen molar-refractivity contribution in [2.24, 2.45) is 0 Å². The van der Waals surface area contributed by atoms with Crippen LogP contribution >= 0.6 is 23.7 Å². The second-order valence-electron chi connectivity index (χ2n) is 8.91. The summed E-state index contributed by atoms with van der Waals surface area (Å²) in [5.74, 6) is -0.274. The van der Waals surface area contributed by atoms with Crippen molar-refractivity contribution in [1.29, 1.82) is 10.5 Å². The molecule has 9 nitrogen and oxygen atoms in total. The molecule has 1 amide bonds. The number of hydrogen-bond acceptors (Lipinski definition) is 8. The normalized spacial score (nSPS) is 11.3. The smallest absolute Gasteiger partial charge is 0.260 e. The fraction of sp³-hybridized carbons (Fsp3) is 0.385. The topological polar surface area (TPSA) is 121 Å². The largest absolute Gasteiger partial charge is 0.308 e. The van der Waals surface area contributed by atoms with E-state index in [0.717, 1.165) is 25.6 Å². The van der Waals surface area contributed by atoms with Crippen molar-refractivity contribution in [3.63, 3.8) is 0 Å². The van der Waals surface area contributed by atoms with Gasteiger partial charge in [-0.3, -0.25) is 9.69 Å². The summed E-state index contributed by atoms with van der Waals surface area (Å²) in [5, 5.41) is 18.4. The van der Waals surface area contributed by atoms with E-state index in [4.69, 9.17) is 15.5 Å². The molecular formula is C26H31ClN6O3S2. The number of sulfonamides is 1. The zero-order chi connectivity index (χ0) is 27.2. The summed E-state index contributed by atoms with van der Waals surface area (Å²) in [5.41, 5.74) is 3.46. The van der Waals surface area contributed by atoms with E-state index >= 15 is 0 Å². The molecule has 0 fully saturated rings. The van der Waals surface area contributed by atoms with E-state index in [1.54, 1.807) is 4.90 Å². The molecule has 1 heterocycles. The molecule has 0 aliphatic rings. The van der Waals surface area contributed by atoms with Crippen molar-refractivity contribution in [1.82, 2.24) is 14.2 Å². The molecule has 12 heteroatoms. The molecule has 0 spiro atoms. The first-order valence-electron chi connectivity index (χ1n) is 11.8. The molecule has 0 saturated carbocycles. The number of likely N-dealkylation sites (N-methyl/N-ethyl adjacent to an activating group) is 1. The van der Waals surface area contributed by atoms with Crippen LogP contribution in [0.15, 0.2) is 41.3 Å². The lowest BCUT2D eigenvalue weighted by molar-refractivity contribution is 0.0985. The number of fused-ring (bicyclic) bond motifs is 1. The summed E-state index contributed by atoms with van der Waals surface area (Å²) in [6.45, 7) is 5.10. The molecule has 0 N–H and O–H groups in total. The highest BCUT2D eigenvalue weighted by Gasteiger charge is 2.26. The maximum Gasteiger partial charge on any atom is 0.260 e. The third-order valence-corrected chi connectivity index (χ3v) is 8.88. The Morgan fingerprint density at radius 1 is 0.947 bits per heavy atom. The molecule has 0 aliphatic carbocycles. The van der Waals surface area contributed by atoms with Crippen LogP contribution in [-0.4, -0.2) is 68.8 Å². The van der Waals surface area contributed by atoms with Gasteiger partial charge in [0.2, 0.25) is 10.0 Å². The molecule has 0 radical (unpaired) electrons. The second-order valence-corrected chi connectivity index (χ2v) is 11.9. The summed E-state index contributed by atoms with van der Waals surface area (Å²) in [6.07, 6.45) is 0.0343. The average molecular weight is 575 g/mol. The number of rotatable bonds is 11. The van der Waals surface area contributed by atoms with Crippen molar-refractivity contribution in [3.8, 4) is 12.1 Å². The van der Waals surface area contributed by atoms with Crippen LogP contribution in [0.4, 0.5) is 5.13 Å². The minimum Gasteiger partial charge on any atom is -0.308 e. The Balaban J connectivity index is 0.00000507. The van der Waals surface area contributed by atoms with E-state index in [9.17, 15) is 13.2 Å². The lowest BCUT2D eigenvalue weighted by Gasteiger charge is -2.22. The van der Waals surface area contributed by atoms with Crippen molar-refractivity contribution in [3.05, 3.63) is 53.1 Å². The van der Waals surface area contributed by atoms with Gasteiger partial charge in [0.05, 0.1) is 27.3 Å². The minimum atomic E-state index is -3.92. The maximum atomic E-state index is 13.6. The van der Waals surface area contributed by atoms with Gasteiger partial charge >= 0.3 is 0 Å². The molecular weight excluding hydrogens is 544 g/mol. The molecule has 0 saturated heterocycles. The Morgan fingerprint density at radius 2 is 1.53 bits per heavy atom. The predicted octanol–water partition coefficient (Wildman–Crippen LogP) is 4.36. The number of anilines is 1. The Morgan fingerprint density at radius 3 is 2.08 bits per heavy atom. The van der Waals surface area contributed by atoms with E-state index < -0.39 is 10.0 Å². The molecule has 2 aromatic carbocycles. The number of thiazole rings is 1. The number of hydrogen-bond donors (Lipinski definition) is 0. The van der Waals surface area contributed by atoms with Crippen LogP contribution < -0.4 is 4.90 Å². The average Bonchev–Trinajstić information content (AvgIpc) is 3.26. The van der Waals surface area contributed by atoms with Gasteiger partial charge in [-0.15, -0.1) is 12.4 Å². The van der Waals surface area contributed by atoms with Gasteiger partial charge in [0, 0.05) is 44.6 Å². The van der Waals surface area contributed by atoms with Crippen molar-refractivity contribution < 1.29 is 13.2 Å². The fourth-order valence-corrected chi connectivity index (χ4v) is 6.15. The van der Waals surface area contributed by atoms with E-state index in [1.807, 2.05) is 51.0 Å². The standard InChI is InChI=1S/C26H30N6O3S2.ClH/c1-19-17-23-24(18-20(19)2)36-26(29-23)32(16-15-30(3)4)25(33)21-7-9-22(10-8-21)37(34,35)31(13-5-11-27)14-6-12-28;/h7-10,17-18H,5-6,13-16H2,1-4H3;1H. The van der Waals surface area contributed by atoms with Gasteiger partial charge < -0.3 is 4.90 Å². The van der Waals surface area contributed by atoms with Crippen LogP contribution in [0, 0.1) is 36.5 Å². The highest BCUT2D eigenvalue weighted by atomic mass is 35.5. The summed E-state index contributed by atoms with van der Waals surface area (Å²) < 4.78 is 28.3. The number of amides is 1. The molecule has 38 heavy (non-hydrogen) atoms. The quantitative estimate of drug-likeness (QED) is 0.333. The third-order valence-electron chi connectivity index (χ3n) is 5.92. The molecule has 3 aromatic rings. The fourth-order valence-electron chi connectivity index (χ4n) is 3.64. The van der Waals surface area contributed by atoms with Crippen molar-refractivity contribution in [2.75, 3.05) is 45.2 Å². The number of carbonyl (C=O) groups is 1. The first-order chi connectivity index (χ1) is 17.6. The van der Waals surface area contributed by atoms with Crippen LogP contribution in [0.5, 0.6) is 0 Å². The number of carbonyl (C=O) groups excluding carboxylic acids is 1. The molecule has 0 atom stereocenters. The Bertz CT molecular complexity index is 1400. The van der Waals surface area contributed by atoms with Crippen LogP contribution in [0.1, 0.15) is 34.3 Å². The number of halogens is 1. The summed E-state index contributed by atoms with van der Waals surface area (Å²) >= 11 is 1.45. The summed E-state index contributed by atoms with van der Waals surface area (Å²) in [6, 6.07) is 13.7. The number of aryl methyl sites for hydroxylation is 2. The summed E-state index contributed by atoms with van der Waals surface area (Å²) in [7, 11) is -0.0615. The SMILES string of the molecule is Cc1cc2nc(N(CCN(C)C)C(=O)c3ccc(S(=O)(=O)N(CCC#N)CCC#N)cc3)sc2cc1C.Cl. The maximum absolute atomic E-state index is 13.6. The first kappa shape index (κ1) is 31.2. The monoisotopic (exact) mass is 574 g/mol. The van der Waals surface area contributed by atoms with Crippen LogP contribution in [0.3, 0.4) is 0 Å². The molecule has 202 valence electrons. The number of nitriles is 2. The van der Waals surface area contributed by atoms with Gasteiger partial charge in [-0.2, -0.15) is 14.8 Å². The summed E-state index contributed by atoms with van der Waals surface area (Å²) in [4.78, 5) is 21.9. The number of nitrogens with zero attached hydrogens (tertiary/aromatic N) is 6. The van der Waals surface area contributed by atoms with Gasteiger partial charge in [0.1, 0.15) is 0 Å². The van der Waals surface area contributed by atoms with Crippen LogP contribution in [0.2, 0.25) is 0 Å². The van der Waals surface area contributed by atoms with Gasteiger partial charge in [0.25, 0.3) is 5.91 Å². The van der Waals surface area contributed by atoms with E-state index in [-0.39, 0.29) is 49.1 Å². The van der Waals surface area contributed by atoms with Gasteiger partial charge in [-0.1, -0.05) is 11.3 Å². The molecule has 1 aromatic heterocycles. The Hall–Kier alpha value is -3.06. The Labute approximate surface area is 234 Å². The van der Waals surface area contributed by atoms with Gasteiger partial charge in [-0.25, -0.2) is 13.4 Å². The lowest BCUT2D eigenvalue weighted by atomic mass is 10.1. The first-order valence-corrected chi connectivity index (χ1v) is 14.0. The van der Waals surface area contributed by atoms with Crippen molar-refractivity contribution in [2.45, 2.75) is 31.6 Å². The Kier molecular flexibility index (Phi) is 11.2. The molecule has 0 aliphatic heterocycles. The number of benzene rings is 2. The minimum absolute atomic E-state index is 0. The third kappa shape index (κ3) is 7.28. The van der Waals surface area contributed by atoms with E-state index in [2.05, 4.69) is 6.07 Å². The zero-order valence-electron chi connectivity index (χ0n) is 21.8. The van der Waals surface area contributed by atoms with E-state index in [1.165, 1.54) is 35.6 Å². The lowest BCUT2D eigenvalue weighted by Crippen LogP contribution is -2.36. The van der Waals surface area contributed by atoms with Crippen molar-refractivity contribution >= 4 is 55.0 Å². The molecule has 0 unspecified atom stereocenters. The zero-order valence-corrected chi connectivity index (χ0v) is 24.3. The van der Waals surface area contributed by atoms with Gasteiger partial charge in [0.15, 0.2) is 5.13 Å². The van der Waals surface area contributed by atoms with Gasteiger partial charge in [-0.05, 0) is 75.5 Å². The number of aromatic nitrogens is 1. The highest BCUT2D eigenvalue weighted by Crippen LogP contribution is 2.31. The van der Waals surface area contributed by atoms with E-state index in [0.29, 0.717) is 23.8 Å². The second kappa shape index (κ2) is 13.7. The molecule has 0 bridgehead atoms.